The molecule has 0 saturated heterocycles. The van der Waals surface area contributed by atoms with Crippen LogP contribution in [0, 0.1) is 20.8 Å². The molecule has 19 heavy (non-hydrogen) atoms. The molecule has 0 aliphatic rings. The van der Waals surface area contributed by atoms with Crippen LogP contribution < -0.4 is 4.74 Å². The van der Waals surface area contributed by atoms with Crippen LogP contribution in [-0.4, -0.2) is 7.11 Å². The van der Waals surface area contributed by atoms with Crippen LogP contribution in [0.5, 0.6) is 5.75 Å². The van der Waals surface area contributed by atoms with E-state index in [1.54, 1.807) is 7.11 Å². The Balaban J connectivity index is 2.51. The zero-order valence-electron chi connectivity index (χ0n) is 11.8. The summed E-state index contributed by atoms with van der Waals surface area (Å²) in [5.41, 5.74) is 5.78. The number of halogens is 1. The normalized spacial score (nSPS) is 12.3. The molecule has 1 nitrogen and oxygen atoms in total. The van der Waals surface area contributed by atoms with Crippen molar-refractivity contribution in [1.29, 1.82) is 0 Å². The van der Waals surface area contributed by atoms with Gasteiger partial charge in [-0.3, -0.25) is 0 Å². The number of ether oxygens (including phenoxy) is 1. The minimum Gasteiger partial charge on any atom is -0.496 e. The summed E-state index contributed by atoms with van der Waals surface area (Å²) in [7, 11) is 1.68. The summed E-state index contributed by atoms with van der Waals surface area (Å²) in [5, 5.41) is -0.185. The molecule has 0 saturated carbocycles. The van der Waals surface area contributed by atoms with Crippen molar-refractivity contribution in [2.75, 3.05) is 7.11 Å². The Labute approximate surface area is 120 Å². The van der Waals surface area contributed by atoms with Gasteiger partial charge in [-0.25, -0.2) is 0 Å². The van der Waals surface area contributed by atoms with Crippen LogP contribution in [0.25, 0.3) is 0 Å². The molecular formula is C17H19ClO. The zero-order valence-corrected chi connectivity index (χ0v) is 12.6. The molecule has 0 amide bonds. The molecule has 100 valence electrons. The van der Waals surface area contributed by atoms with E-state index in [0.717, 1.165) is 16.9 Å². The standard InChI is InChI=1S/C17H19ClO/c1-11-5-7-13(3)14(9-11)17(18)15-10-12(2)6-8-16(15)19-4/h5-10,17H,1-4H3. The second-order valence-corrected chi connectivity index (χ2v) is 5.40. The predicted octanol–water partition coefficient (Wildman–Crippen LogP) is 4.95. The van der Waals surface area contributed by atoms with Gasteiger partial charge in [0.25, 0.3) is 0 Å². The van der Waals surface area contributed by atoms with E-state index in [1.165, 1.54) is 16.7 Å². The highest BCUT2D eigenvalue weighted by Crippen LogP contribution is 2.37. The van der Waals surface area contributed by atoms with E-state index in [2.05, 4.69) is 45.0 Å². The highest BCUT2D eigenvalue weighted by atomic mass is 35.5. The van der Waals surface area contributed by atoms with Crippen LogP contribution in [0.2, 0.25) is 0 Å². The maximum atomic E-state index is 6.68. The van der Waals surface area contributed by atoms with Crippen molar-refractivity contribution < 1.29 is 4.74 Å². The van der Waals surface area contributed by atoms with Gasteiger partial charge in [0.05, 0.1) is 12.5 Å². The molecule has 0 heterocycles. The van der Waals surface area contributed by atoms with Gasteiger partial charge in [0.15, 0.2) is 0 Å². The van der Waals surface area contributed by atoms with Gasteiger partial charge in [-0.2, -0.15) is 0 Å². The molecule has 1 atom stereocenters. The van der Waals surface area contributed by atoms with Crippen LogP contribution in [0.15, 0.2) is 36.4 Å². The summed E-state index contributed by atoms with van der Waals surface area (Å²) in [6, 6.07) is 12.5. The molecule has 0 spiro atoms. The van der Waals surface area contributed by atoms with Crippen LogP contribution in [0.1, 0.15) is 33.2 Å². The van der Waals surface area contributed by atoms with E-state index >= 15 is 0 Å². The molecule has 0 N–H and O–H groups in total. The molecule has 2 rings (SSSR count). The third-order valence-electron chi connectivity index (χ3n) is 3.37. The summed E-state index contributed by atoms with van der Waals surface area (Å²) in [4.78, 5) is 0. The first-order valence-electron chi connectivity index (χ1n) is 6.38. The molecular weight excluding hydrogens is 256 g/mol. The van der Waals surface area contributed by atoms with E-state index in [0.29, 0.717) is 0 Å². The largest absolute Gasteiger partial charge is 0.496 e. The van der Waals surface area contributed by atoms with Gasteiger partial charge in [0.2, 0.25) is 0 Å². The highest BCUT2D eigenvalue weighted by molar-refractivity contribution is 6.23. The van der Waals surface area contributed by atoms with E-state index in [4.69, 9.17) is 16.3 Å². The van der Waals surface area contributed by atoms with Gasteiger partial charge >= 0.3 is 0 Å². The molecule has 0 radical (unpaired) electrons. The first-order valence-corrected chi connectivity index (χ1v) is 6.82. The molecule has 0 aliphatic heterocycles. The number of rotatable bonds is 3. The van der Waals surface area contributed by atoms with Gasteiger partial charge in [-0.05, 0) is 38.0 Å². The number of aryl methyl sites for hydroxylation is 3. The maximum absolute atomic E-state index is 6.68. The highest BCUT2D eigenvalue weighted by Gasteiger charge is 2.17. The van der Waals surface area contributed by atoms with Gasteiger partial charge < -0.3 is 4.74 Å². The summed E-state index contributed by atoms with van der Waals surface area (Å²) < 4.78 is 5.43. The summed E-state index contributed by atoms with van der Waals surface area (Å²) in [6.45, 7) is 6.24. The van der Waals surface area contributed by atoms with Crippen molar-refractivity contribution in [3.63, 3.8) is 0 Å². The van der Waals surface area contributed by atoms with E-state index in [9.17, 15) is 0 Å². The quantitative estimate of drug-likeness (QED) is 0.720. The van der Waals surface area contributed by atoms with Crippen LogP contribution in [-0.2, 0) is 0 Å². The third kappa shape index (κ3) is 2.93. The average Bonchev–Trinajstić information content (AvgIpc) is 2.40. The van der Waals surface area contributed by atoms with Crippen molar-refractivity contribution in [3.8, 4) is 5.75 Å². The van der Waals surface area contributed by atoms with Crippen LogP contribution in [0.3, 0.4) is 0 Å². The molecule has 0 fully saturated rings. The minimum absolute atomic E-state index is 0.185. The fraction of sp³-hybridized carbons (Fsp3) is 0.294. The van der Waals surface area contributed by atoms with E-state index in [-0.39, 0.29) is 5.38 Å². The fourth-order valence-corrected chi connectivity index (χ4v) is 2.66. The Kier molecular flexibility index (Phi) is 4.16. The van der Waals surface area contributed by atoms with Gasteiger partial charge in [-0.15, -0.1) is 11.6 Å². The Morgan fingerprint density at radius 2 is 1.47 bits per heavy atom. The Bertz CT molecular complexity index is 590. The molecule has 0 aliphatic carbocycles. The van der Waals surface area contributed by atoms with Crippen molar-refractivity contribution in [2.24, 2.45) is 0 Å². The SMILES string of the molecule is COc1ccc(C)cc1C(Cl)c1cc(C)ccc1C. The first-order chi connectivity index (χ1) is 9.02. The lowest BCUT2D eigenvalue weighted by Crippen LogP contribution is -2.00. The number of benzene rings is 2. The minimum atomic E-state index is -0.185. The second kappa shape index (κ2) is 5.66. The zero-order chi connectivity index (χ0) is 14.0. The van der Waals surface area contributed by atoms with Crippen molar-refractivity contribution >= 4 is 11.6 Å². The van der Waals surface area contributed by atoms with Crippen molar-refractivity contribution in [2.45, 2.75) is 26.1 Å². The molecule has 0 aromatic heterocycles. The van der Waals surface area contributed by atoms with E-state index < -0.39 is 0 Å². The van der Waals surface area contributed by atoms with Gasteiger partial charge in [0.1, 0.15) is 5.75 Å². The van der Waals surface area contributed by atoms with Gasteiger partial charge in [-0.1, -0.05) is 41.5 Å². The topological polar surface area (TPSA) is 9.23 Å². The lowest BCUT2D eigenvalue weighted by Gasteiger charge is -2.17. The molecule has 2 heteroatoms. The van der Waals surface area contributed by atoms with E-state index in [1.807, 2.05) is 12.1 Å². The smallest absolute Gasteiger partial charge is 0.123 e. The molecule has 2 aromatic rings. The average molecular weight is 275 g/mol. The first kappa shape index (κ1) is 14.0. The lowest BCUT2D eigenvalue weighted by molar-refractivity contribution is 0.410. The Hall–Kier alpha value is -1.47. The second-order valence-electron chi connectivity index (χ2n) is 4.97. The van der Waals surface area contributed by atoms with Crippen molar-refractivity contribution in [3.05, 3.63) is 64.2 Å². The van der Waals surface area contributed by atoms with Gasteiger partial charge in [0, 0.05) is 5.56 Å². The lowest BCUT2D eigenvalue weighted by atomic mass is 9.96. The van der Waals surface area contributed by atoms with Crippen LogP contribution >= 0.6 is 11.6 Å². The number of hydrogen-bond donors (Lipinski definition) is 0. The fourth-order valence-electron chi connectivity index (χ4n) is 2.25. The Morgan fingerprint density at radius 3 is 2.11 bits per heavy atom. The van der Waals surface area contributed by atoms with Crippen LogP contribution in [0.4, 0.5) is 0 Å². The number of methoxy groups -OCH3 is 1. The monoisotopic (exact) mass is 274 g/mol. The summed E-state index contributed by atoms with van der Waals surface area (Å²) in [5.74, 6) is 0.839. The molecule has 1 unspecified atom stereocenters. The number of alkyl halides is 1. The number of hydrogen-bond acceptors (Lipinski definition) is 1. The predicted molar refractivity (Wildman–Crippen MR) is 81.3 cm³/mol. The van der Waals surface area contributed by atoms with Crippen molar-refractivity contribution in [1.82, 2.24) is 0 Å². The molecule has 0 bridgehead atoms. The summed E-state index contributed by atoms with van der Waals surface area (Å²) in [6.07, 6.45) is 0. The molecule has 2 aromatic carbocycles. The Morgan fingerprint density at radius 1 is 0.895 bits per heavy atom. The third-order valence-corrected chi connectivity index (χ3v) is 3.84. The summed E-state index contributed by atoms with van der Waals surface area (Å²) >= 11 is 6.68. The maximum Gasteiger partial charge on any atom is 0.123 e.